The summed E-state index contributed by atoms with van der Waals surface area (Å²) >= 11 is 0. The van der Waals surface area contributed by atoms with Gasteiger partial charge in [-0.25, -0.2) is 0 Å². The van der Waals surface area contributed by atoms with E-state index in [1.807, 2.05) is 18.2 Å². The van der Waals surface area contributed by atoms with E-state index in [9.17, 15) is 9.90 Å². The number of rotatable bonds is 3. The third-order valence-corrected chi connectivity index (χ3v) is 5.30. The van der Waals surface area contributed by atoms with Crippen molar-refractivity contribution in [2.45, 2.75) is 45.9 Å². The van der Waals surface area contributed by atoms with E-state index >= 15 is 0 Å². The summed E-state index contributed by atoms with van der Waals surface area (Å²) in [6.45, 7) is 11.0. The van der Waals surface area contributed by atoms with Crippen LogP contribution in [0.3, 0.4) is 0 Å². The van der Waals surface area contributed by atoms with Crippen LogP contribution in [0.25, 0.3) is 11.1 Å². The van der Waals surface area contributed by atoms with Gasteiger partial charge in [0, 0.05) is 16.7 Å². The maximum atomic E-state index is 13.0. The number of carbonyl (C=O) groups is 1. The van der Waals surface area contributed by atoms with E-state index in [0.29, 0.717) is 23.3 Å². The molecule has 0 aromatic heterocycles. The molecule has 3 nitrogen and oxygen atoms in total. The zero-order chi connectivity index (χ0) is 17.6. The van der Waals surface area contributed by atoms with Crippen LogP contribution in [0.4, 0.5) is 0 Å². The second-order valence-corrected chi connectivity index (χ2v) is 10.1. The Bertz CT molecular complexity index is 816. The van der Waals surface area contributed by atoms with Crippen LogP contribution < -0.4 is 0 Å². The van der Waals surface area contributed by atoms with Crippen molar-refractivity contribution in [2.75, 3.05) is 0 Å². The van der Waals surface area contributed by atoms with Crippen LogP contribution in [-0.4, -0.2) is 19.9 Å². The first-order valence-electron chi connectivity index (χ1n) is 8.36. The van der Waals surface area contributed by atoms with E-state index in [1.165, 1.54) is 0 Å². The smallest absolute Gasteiger partial charge is 0.194 e. The van der Waals surface area contributed by atoms with Crippen molar-refractivity contribution in [1.82, 2.24) is 0 Å². The number of phenols is 1. The van der Waals surface area contributed by atoms with Crippen molar-refractivity contribution >= 4 is 14.8 Å². The highest BCUT2D eigenvalue weighted by molar-refractivity contribution is 6.48. The molecule has 0 fully saturated rings. The van der Waals surface area contributed by atoms with E-state index in [0.717, 1.165) is 16.7 Å². The summed E-state index contributed by atoms with van der Waals surface area (Å²) < 4.78 is 5.82. The number of benzene rings is 2. The maximum Gasteiger partial charge on any atom is 0.194 e. The SMILES string of the molecule is C[SiH](C)OCc1ccc(O)c2c1C(=O)c1cc(C(C)(C)C)ccc1-2. The van der Waals surface area contributed by atoms with E-state index < -0.39 is 9.04 Å². The molecule has 0 aliphatic heterocycles. The molecule has 0 atom stereocenters. The van der Waals surface area contributed by atoms with Crippen molar-refractivity contribution in [2.24, 2.45) is 0 Å². The minimum atomic E-state index is -1.18. The first-order chi connectivity index (χ1) is 11.2. The molecule has 2 aromatic rings. The Hall–Kier alpha value is -1.91. The first-order valence-corrected chi connectivity index (χ1v) is 11.1. The zero-order valence-corrected chi connectivity index (χ0v) is 16.1. The molecule has 0 radical (unpaired) electrons. The van der Waals surface area contributed by atoms with Crippen molar-refractivity contribution in [3.05, 3.63) is 52.6 Å². The third-order valence-electron chi connectivity index (χ3n) is 4.47. The van der Waals surface area contributed by atoms with Crippen LogP contribution in [0.1, 0.15) is 47.8 Å². The van der Waals surface area contributed by atoms with Crippen molar-refractivity contribution < 1.29 is 14.3 Å². The lowest BCUT2D eigenvalue weighted by molar-refractivity contribution is 0.104. The number of phenolic OH excluding ortho intramolecular Hbond substituents is 1. The third kappa shape index (κ3) is 2.80. The fourth-order valence-corrected chi connectivity index (χ4v) is 3.61. The van der Waals surface area contributed by atoms with Crippen LogP contribution in [0.2, 0.25) is 13.1 Å². The molecule has 0 spiro atoms. The molecule has 0 unspecified atom stereocenters. The Kier molecular flexibility index (Phi) is 4.14. The van der Waals surface area contributed by atoms with E-state index in [2.05, 4.69) is 33.9 Å². The Morgan fingerprint density at radius 2 is 1.75 bits per heavy atom. The van der Waals surface area contributed by atoms with Gasteiger partial charge in [0.2, 0.25) is 0 Å². The van der Waals surface area contributed by atoms with Crippen LogP contribution >= 0.6 is 0 Å². The average molecular weight is 340 g/mol. The van der Waals surface area contributed by atoms with Gasteiger partial charge in [-0.1, -0.05) is 39.0 Å². The molecule has 24 heavy (non-hydrogen) atoms. The number of ketones is 1. The Balaban J connectivity index is 2.14. The predicted octanol–water partition coefficient (Wildman–Crippen LogP) is 4.40. The summed E-state index contributed by atoms with van der Waals surface area (Å²) in [6.07, 6.45) is 0. The van der Waals surface area contributed by atoms with Gasteiger partial charge in [-0.2, -0.15) is 0 Å². The fraction of sp³-hybridized carbons (Fsp3) is 0.350. The quantitative estimate of drug-likeness (QED) is 0.719. The topological polar surface area (TPSA) is 46.5 Å². The summed E-state index contributed by atoms with van der Waals surface area (Å²) in [7, 11) is -1.18. The fourth-order valence-electron chi connectivity index (χ4n) is 3.09. The molecular weight excluding hydrogens is 316 g/mol. The first kappa shape index (κ1) is 16.9. The number of aromatic hydroxyl groups is 1. The van der Waals surface area contributed by atoms with Crippen LogP contribution in [-0.2, 0) is 16.4 Å². The average Bonchev–Trinajstić information content (AvgIpc) is 2.80. The van der Waals surface area contributed by atoms with Crippen LogP contribution in [0, 0.1) is 0 Å². The molecule has 1 aliphatic rings. The minimum absolute atomic E-state index is 0.00831. The Labute approximate surface area is 145 Å². The van der Waals surface area contributed by atoms with Gasteiger partial charge in [-0.3, -0.25) is 4.79 Å². The Morgan fingerprint density at radius 3 is 2.38 bits per heavy atom. The number of hydrogen-bond donors (Lipinski definition) is 1. The number of fused-ring (bicyclic) bond motifs is 3. The largest absolute Gasteiger partial charge is 0.507 e. The Morgan fingerprint density at radius 1 is 1.04 bits per heavy atom. The van der Waals surface area contributed by atoms with Crippen LogP contribution in [0.15, 0.2) is 30.3 Å². The molecule has 2 aromatic carbocycles. The van der Waals surface area contributed by atoms with E-state index in [-0.39, 0.29) is 16.9 Å². The molecule has 0 saturated carbocycles. The zero-order valence-electron chi connectivity index (χ0n) is 14.9. The lowest BCUT2D eigenvalue weighted by atomic mass is 9.85. The summed E-state index contributed by atoms with van der Waals surface area (Å²) in [5.74, 6) is 0.150. The van der Waals surface area contributed by atoms with Crippen molar-refractivity contribution in [3.63, 3.8) is 0 Å². The minimum Gasteiger partial charge on any atom is -0.507 e. The van der Waals surface area contributed by atoms with Gasteiger partial charge in [0.05, 0.1) is 6.61 Å². The highest BCUT2D eigenvalue weighted by Crippen LogP contribution is 2.45. The molecule has 1 aliphatic carbocycles. The lowest BCUT2D eigenvalue weighted by Crippen LogP contribution is -2.12. The maximum absolute atomic E-state index is 13.0. The van der Waals surface area contributed by atoms with Crippen molar-refractivity contribution in [1.29, 1.82) is 0 Å². The van der Waals surface area contributed by atoms with Gasteiger partial charge in [0.15, 0.2) is 14.8 Å². The second-order valence-electron chi connectivity index (χ2n) is 7.69. The van der Waals surface area contributed by atoms with Gasteiger partial charge >= 0.3 is 0 Å². The van der Waals surface area contributed by atoms with E-state index in [1.54, 1.807) is 12.1 Å². The lowest BCUT2D eigenvalue weighted by Gasteiger charge is -2.19. The summed E-state index contributed by atoms with van der Waals surface area (Å²) in [6, 6.07) is 9.45. The second kappa shape index (κ2) is 5.87. The number of carbonyl (C=O) groups excluding carboxylic acids is 1. The molecule has 1 N–H and O–H groups in total. The number of hydrogen-bond acceptors (Lipinski definition) is 3. The van der Waals surface area contributed by atoms with E-state index in [4.69, 9.17) is 4.43 Å². The molecule has 0 amide bonds. The van der Waals surface area contributed by atoms with Crippen LogP contribution in [0.5, 0.6) is 5.75 Å². The molecule has 126 valence electrons. The molecule has 4 heteroatoms. The molecular formula is C20H24O3Si. The monoisotopic (exact) mass is 340 g/mol. The predicted molar refractivity (Wildman–Crippen MR) is 99.3 cm³/mol. The summed E-state index contributed by atoms with van der Waals surface area (Å²) in [4.78, 5) is 13.0. The molecule has 0 heterocycles. The summed E-state index contributed by atoms with van der Waals surface area (Å²) in [5, 5.41) is 10.3. The highest BCUT2D eigenvalue weighted by Gasteiger charge is 2.32. The van der Waals surface area contributed by atoms with Gasteiger partial charge in [0.1, 0.15) is 5.75 Å². The summed E-state index contributed by atoms with van der Waals surface area (Å²) in [5.41, 5.74) is 4.72. The molecule has 3 rings (SSSR count). The van der Waals surface area contributed by atoms with Gasteiger partial charge < -0.3 is 9.53 Å². The standard InChI is InChI=1S/C20H24O3Si/c1-20(2,3)13-7-8-14-15(10-13)19(22)17-12(11-23-24(4)5)6-9-16(21)18(14)17/h6-10,21,24H,11H2,1-5H3. The van der Waals surface area contributed by atoms with Gasteiger partial charge in [0.25, 0.3) is 0 Å². The van der Waals surface area contributed by atoms with Gasteiger partial charge in [-0.15, -0.1) is 0 Å². The molecule has 0 saturated heterocycles. The normalized spacial score (nSPS) is 13.3. The van der Waals surface area contributed by atoms with Gasteiger partial charge in [-0.05, 0) is 47.3 Å². The molecule has 0 bridgehead atoms. The van der Waals surface area contributed by atoms with Crippen molar-refractivity contribution in [3.8, 4) is 16.9 Å². The highest BCUT2D eigenvalue weighted by atomic mass is 28.3.